The smallest absolute Gasteiger partial charge is 0.219 e. The number of carbonyl (C=O) groups is 3. The zero-order chi connectivity index (χ0) is 36.3. The molecular weight excluding hydrogens is 645 g/mol. The van der Waals surface area contributed by atoms with Crippen molar-refractivity contribution < 1.29 is 14.4 Å². The Labute approximate surface area is 304 Å². The van der Waals surface area contributed by atoms with Crippen molar-refractivity contribution in [3.8, 4) is 0 Å². The van der Waals surface area contributed by atoms with Crippen molar-refractivity contribution in [2.45, 2.75) is 37.0 Å². The molecule has 0 radical (unpaired) electrons. The van der Waals surface area contributed by atoms with Gasteiger partial charge in [0.2, 0.25) is 5.78 Å². The lowest BCUT2D eigenvalue weighted by molar-refractivity contribution is -0.131. The monoisotopic (exact) mass is 684 g/mol. The average Bonchev–Trinajstić information content (AvgIpc) is 3.50. The molecule has 2 heterocycles. The molecule has 258 valence electrons. The van der Waals surface area contributed by atoms with E-state index in [-0.39, 0.29) is 5.78 Å². The number of nitrogens with two attached hydrogens (primary N) is 1. The zero-order valence-corrected chi connectivity index (χ0v) is 29.2. The van der Waals surface area contributed by atoms with Gasteiger partial charge in [0, 0.05) is 34.7 Å². The number of aldehydes is 1. The highest BCUT2D eigenvalue weighted by atomic mass is 16.2. The molecule has 52 heavy (non-hydrogen) atoms. The first kappa shape index (κ1) is 34.4. The molecule has 2 bridgehead atoms. The number of aromatic nitrogens is 1. The van der Waals surface area contributed by atoms with Crippen LogP contribution < -0.4 is 10.6 Å². The van der Waals surface area contributed by atoms with Crippen molar-refractivity contribution in [2.24, 2.45) is 5.73 Å². The maximum atomic E-state index is 13.2. The minimum atomic E-state index is -0.721. The first-order valence-corrected chi connectivity index (χ1v) is 17.4. The molecular formula is C45H40N4O3. The summed E-state index contributed by atoms with van der Waals surface area (Å²) in [5.41, 5.74) is 13.4. The molecule has 1 aromatic heterocycles. The lowest BCUT2D eigenvalue weighted by Gasteiger charge is -2.37. The van der Waals surface area contributed by atoms with Crippen LogP contribution in [0.3, 0.4) is 0 Å². The molecule has 6 aromatic rings. The highest BCUT2D eigenvalue weighted by Crippen LogP contribution is 2.46. The van der Waals surface area contributed by atoms with E-state index in [0.29, 0.717) is 13.0 Å². The number of fused-ring (bicyclic) bond motifs is 2. The fourth-order valence-corrected chi connectivity index (χ4v) is 7.81. The van der Waals surface area contributed by atoms with Crippen LogP contribution in [-0.4, -0.2) is 46.0 Å². The average molecular weight is 685 g/mol. The number of hydrogen-bond donors (Lipinski definition) is 1. The van der Waals surface area contributed by atoms with Gasteiger partial charge in [0.1, 0.15) is 6.04 Å². The Morgan fingerprint density at radius 2 is 1.21 bits per heavy atom. The van der Waals surface area contributed by atoms with Crippen LogP contribution in [0, 0.1) is 0 Å². The molecule has 1 saturated heterocycles. The Morgan fingerprint density at radius 3 is 1.63 bits per heavy atom. The highest BCUT2D eigenvalue weighted by Gasteiger charge is 2.52. The van der Waals surface area contributed by atoms with Gasteiger partial charge in [-0.15, -0.1) is 0 Å². The molecule has 2 atom stereocenters. The molecule has 1 fully saturated rings. The summed E-state index contributed by atoms with van der Waals surface area (Å²) >= 11 is 0. The van der Waals surface area contributed by atoms with Gasteiger partial charge < -0.3 is 10.6 Å². The van der Waals surface area contributed by atoms with E-state index in [0.717, 1.165) is 44.6 Å². The van der Waals surface area contributed by atoms with E-state index in [1.807, 2.05) is 73.3 Å². The van der Waals surface area contributed by atoms with Crippen molar-refractivity contribution in [1.29, 1.82) is 0 Å². The van der Waals surface area contributed by atoms with Crippen LogP contribution in [0.5, 0.6) is 0 Å². The molecule has 0 spiro atoms. The Balaban J connectivity index is 0.000000459. The summed E-state index contributed by atoms with van der Waals surface area (Å²) in [6.07, 6.45) is 3.37. The summed E-state index contributed by atoms with van der Waals surface area (Å²) in [6.45, 7) is 4.32. The molecule has 3 aliphatic rings. The van der Waals surface area contributed by atoms with Crippen LogP contribution in [-0.2, 0) is 15.0 Å². The molecule has 5 aromatic carbocycles. The third-order valence-corrected chi connectivity index (χ3v) is 10.4. The third-order valence-electron chi connectivity index (χ3n) is 10.4. The minimum Gasteiger partial charge on any atom is -0.346 e. The van der Waals surface area contributed by atoms with Gasteiger partial charge in [-0.3, -0.25) is 24.3 Å². The van der Waals surface area contributed by atoms with Crippen molar-refractivity contribution >= 4 is 23.5 Å². The predicted molar refractivity (Wildman–Crippen MR) is 204 cm³/mol. The number of pyridine rings is 1. The summed E-state index contributed by atoms with van der Waals surface area (Å²) in [4.78, 5) is 44.0. The van der Waals surface area contributed by atoms with Gasteiger partial charge in [0.15, 0.2) is 12.1 Å². The number of hydrogen-bond acceptors (Lipinski definition) is 7. The van der Waals surface area contributed by atoms with Gasteiger partial charge >= 0.3 is 0 Å². The number of rotatable bonds is 9. The number of carbonyl (C=O) groups excluding carboxylic acids is 3. The molecule has 2 unspecified atom stereocenters. The van der Waals surface area contributed by atoms with E-state index < -0.39 is 28.9 Å². The van der Waals surface area contributed by atoms with Crippen molar-refractivity contribution in [1.82, 2.24) is 9.88 Å². The van der Waals surface area contributed by atoms with Gasteiger partial charge in [-0.2, -0.15) is 0 Å². The largest absolute Gasteiger partial charge is 0.346 e. The molecule has 2 N–H and O–H groups in total. The standard InChI is InChI=1S/C38H36N4O2.C7H4O/c1-37(2)35(34(44)26-43)41(27-42(37)36(39)28-22-24-40-25-23-28)33-20-18-32(19-21-33)38(29-12-6-3-7-13-29,30-14-8-4-9-15-30)31-16-10-5-11-17-31;8-7-5-2-1-3-6(7)4-5/h3-26,35-36H,27,39H2,1-2H3;1-4H. The first-order valence-electron chi connectivity index (χ1n) is 17.4. The predicted octanol–water partition coefficient (Wildman–Crippen LogP) is 7.35. The van der Waals surface area contributed by atoms with Gasteiger partial charge in [-0.05, 0) is 72.0 Å². The second kappa shape index (κ2) is 14.3. The van der Waals surface area contributed by atoms with Crippen LogP contribution in [0.2, 0.25) is 0 Å². The van der Waals surface area contributed by atoms with Crippen molar-refractivity contribution in [3.05, 3.63) is 203 Å². The topological polar surface area (TPSA) is 96.6 Å². The summed E-state index contributed by atoms with van der Waals surface area (Å²) in [6, 6.07) is 50.5. The molecule has 0 amide bonds. The van der Waals surface area contributed by atoms with Crippen LogP contribution in [0.4, 0.5) is 5.69 Å². The molecule has 7 nitrogen and oxygen atoms in total. The van der Waals surface area contributed by atoms with Crippen LogP contribution in [0.25, 0.3) is 0 Å². The molecule has 9 rings (SSSR count). The molecule has 0 saturated carbocycles. The first-order chi connectivity index (χ1) is 25.3. The van der Waals surface area contributed by atoms with E-state index in [9.17, 15) is 14.4 Å². The zero-order valence-electron chi connectivity index (χ0n) is 29.2. The number of anilines is 1. The number of ketones is 2. The lowest BCUT2D eigenvalue weighted by atomic mass is 9.65. The Hall–Kier alpha value is -6.02. The number of nitrogens with zero attached hydrogens (tertiary/aromatic N) is 3. The second-order valence-electron chi connectivity index (χ2n) is 13.7. The Bertz CT molecular complexity index is 2050. The van der Waals surface area contributed by atoms with E-state index >= 15 is 0 Å². The quantitative estimate of drug-likeness (QED) is 0.0966. The highest BCUT2D eigenvalue weighted by molar-refractivity contribution is 6.29. The van der Waals surface area contributed by atoms with Crippen LogP contribution in [0.15, 0.2) is 164 Å². The van der Waals surface area contributed by atoms with E-state index in [1.165, 1.54) is 0 Å². The fraction of sp³-hybridized carbons (Fsp3) is 0.156. The molecule has 1 aliphatic heterocycles. The fourth-order valence-electron chi connectivity index (χ4n) is 7.81. The second-order valence-corrected chi connectivity index (χ2v) is 13.7. The van der Waals surface area contributed by atoms with E-state index in [4.69, 9.17) is 5.73 Å². The normalized spacial score (nSPS) is 16.6. The SMILES string of the molecule is CC1(C)C(C(=O)C=O)N(c2ccc(C(c3ccccc3)(c3ccccc3)c3ccccc3)cc2)CN1C(N)c1ccncc1.O=C1c2cccc1c2. The third kappa shape index (κ3) is 6.04. The Kier molecular flexibility index (Phi) is 9.47. The van der Waals surface area contributed by atoms with Crippen molar-refractivity contribution in [2.75, 3.05) is 11.6 Å². The number of benzene rings is 5. The maximum Gasteiger partial charge on any atom is 0.219 e. The number of Topliss-reactive ketones (excluding diaryl/α,β-unsaturated/α-hetero) is 1. The Morgan fingerprint density at radius 1 is 0.731 bits per heavy atom. The molecule has 2 aliphatic carbocycles. The van der Waals surface area contributed by atoms with Gasteiger partial charge in [0.05, 0.1) is 18.2 Å². The van der Waals surface area contributed by atoms with Gasteiger partial charge in [-0.25, -0.2) is 0 Å². The minimum absolute atomic E-state index is 0.201. The summed E-state index contributed by atoms with van der Waals surface area (Å²) < 4.78 is 0. The van der Waals surface area contributed by atoms with E-state index in [1.54, 1.807) is 12.4 Å². The van der Waals surface area contributed by atoms with Gasteiger partial charge in [0.25, 0.3) is 0 Å². The summed E-state index contributed by atoms with van der Waals surface area (Å²) in [7, 11) is 0. The van der Waals surface area contributed by atoms with Crippen LogP contribution in [0.1, 0.15) is 63.8 Å². The van der Waals surface area contributed by atoms with Crippen molar-refractivity contribution in [3.63, 3.8) is 0 Å². The summed E-state index contributed by atoms with van der Waals surface area (Å²) in [5.74, 6) is -0.275. The lowest BCUT2D eigenvalue weighted by Crippen LogP contribution is -2.53. The maximum absolute atomic E-state index is 13.2. The van der Waals surface area contributed by atoms with Gasteiger partial charge in [-0.1, -0.05) is 121 Å². The molecule has 7 heteroatoms. The summed E-state index contributed by atoms with van der Waals surface area (Å²) in [5, 5.41) is 0. The van der Waals surface area contributed by atoms with Crippen LogP contribution >= 0.6 is 0 Å². The van der Waals surface area contributed by atoms with E-state index in [2.05, 4.69) is 107 Å².